The first kappa shape index (κ1) is 11.1. The highest BCUT2D eigenvalue weighted by molar-refractivity contribution is 8.01. The summed E-state index contributed by atoms with van der Waals surface area (Å²) in [5.41, 5.74) is 4.42. The van der Waals surface area contributed by atoms with Gasteiger partial charge in [0.15, 0.2) is 0 Å². The van der Waals surface area contributed by atoms with Crippen LogP contribution in [0, 0.1) is 6.92 Å². The summed E-state index contributed by atoms with van der Waals surface area (Å²) >= 11 is 2.02. The number of benzene rings is 1. The highest BCUT2D eigenvalue weighted by Gasteiger charge is 2.39. The van der Waals surface area contributed by atoms with Crippen molar-refractivity contribution in [1.29, 1.82) is 0 Å². The number of hydrogen-bond donors (Lipinski definition) is 1. The van der Waals surface area contributed by atoms with Crippen molar-refractivity contribution in [2.24, 2.45) is 4.99 Å². The Labute approximate surface area is 107 Å². The van der Waals surface area contributed by atoms with Gasteiger partial charge < -0.3 is 5.32 Å². The zero-order valence-corrected chi connectivity index (χ0v) is 11.2. The van der Waals surface area contributed by atoms with Gasteiger partial charge in [0, 0.05) is 6.54 Å². The molecule has 17 heavy (non-hydrogen) atoms. The van der Waals surface area contributed by atoms with Crippen LogP contribution >= 0.6 is 11.8 Å². The molecule has 2 nitrogen and oxygen atoms in total. The third-order valence-corrected chi connectivity index (χ3v) is 5.19. The van der Waals surface area contributed by atoms with Crippen molar-refractivity contribution in [1.82, 2.24) is 5.32 Å². The van der Waals surface area contributed by atoms with Crippen LogP contribution in [0.25, 0.3) is 0 Å². The highest BCUT2D eigenvalue weighted by atomic mass is 32.2. The summed E-state index contributed by atoms with van der Waals surface area (Å²) in [5.74, 6) is 2.36. The predicted octanol–water partition coefficient (Wildman–Crippen LogP) is 2.50. The van der Waals surface area contributed by atoms with E-state index in [1.807, 2.05) is 11.8 Å². The average molecular weight is 246 g/mol. The van der Waals surface area contributed by atoms with E-state index in [9.17, 15) is 0 Å². The SMILES string of the molecule is Cc1cccc2c1CCSC2(C)C1=NCCN1. The Bertz CT molecular complexity index is 481. The molecule has 0 aliphatic carbocycles. The molecule has 1 unspecified atom stereocenters. The summed E-state index contributed by atoms with van der Waals surface area (Å²) in [6.45, 7) is 6.45. The molecule has 3 heteroatoms. The number of hydrogen-bond acceptors (Lipinski definition) is 3. The van der Waals surface area contributed by atoms with Crippen molar-refractivity contribution in [3.8, 4) is 0 Å². The van der Waals surface area contributed by atoms with Gasteiger partial charge in [0.05, 0.1) is 11.3 Å². The topological polar surface area (TPSA) is 24.4 Å². The number of nitrogens with zero attached hydrogens (tertiary/aromatic N) is 1. The van der Waals surface area contributed by atoms with Gasteiger partial charge in [-0.25, -0.2) is 0 Å². The molecule has 0 fully saturated rings. The predicted molar refractivity (Wildman–Crippen MR) is 75.0 cm³/mol. The Balaban J connectivity index is 2.13. The maximum Gasteiger partial charge on any atom is 0.117 e. The lowest BCUT2D eigenvalue weighted by atomic mass is 9.89. The Morgan fingerprint density at radius 3 is 3.06 bits per heavy atom. The van der Waals surface area contributed by atoms with Gasteiger partial charge in [-0.15, -0.1) is 11.8 Å². The summed E-state index contributed by atoms with van der Waals surface area (Å²) in [4.78, 5) is 4.64. The van der Waals surface area contributed by atoms with E-state index in [1.165, 1.54) is 34.7 Å². The molecular weight excluding hydrogens is 228 g/mol. The van der Waals surface area contributed by atoms with Crippen molar-refractivity contribution in [3.05, 3.63) is 34.9 Å². The summed E-state index contributed by atoms with van der Waals surface area (Å²) in [7, 11) is 0. The monoisotopic (exact) mass is 246 g/mol. The third kappa shape index (κ3) is 1.68. The Kier molecular flexibility index (Phi) is 2.66. The first-order valence-electron chi connectivity index (χ1n) is 6.23. The van der Waals surface area contributed by atoms with Gasteiger partial charge in [-0.05, 0) is 42.7 Å². The minimum absolute atomic E-state index is 0.0378. The van der Waals surface area contributed by atoms with E-state index in [4.69, 9.17) is 0 Å². The molecule has 0 saturated heterocycles. The van der Waals surface area contributed by atoms with Crippen LogP contribution in [0.1, 0.15) is 23.6 Å². The lowest BCUT2D eigenvalue weighted by molar-refractivity contribution is 0.833. The number of aliphatic imine (C=N–C) groups is 1. The van der Waals surface area contributed by atoms with Gasteiger partial charge >= 0.3 is 0 Å². The molecule has 2 aliphatic rings. The molecular formula is C14H18N2S. The van der Waals surface area contributed by atoms with Gasteiger partial charge in [0.25, 0.3) is 0 Å². The molecule has 0 saturated carbocycles. The number of amidine groups is 1. The van der Waals surface area contributed by atoms with Crippen molar-refractivity contribution in [2.45, 2.75) is 25.0 Å². The average Bonchev–Trinajstić information content (AvgIpc) is 2.85. The fraction of sp³-hybridized carbons (Fsp3) is 0.500. The molecule has 1 N–H and O–H groups in total. The van der Waals surface area contributed by atoms with E-state index >= 15 is 0 Å². The van der Waals surface area contributed by atoms with Crippen molar-refractivity contribution < 1.29 is 0 Å². The molecule has 90 valence electrons. The molecule has 0 amide bonds. The van der Waals surface area contributed by atoms with Crippen molar-refractivity contribution in [2.75, 3.05) is 18.8 Å². The highest BCUT2D eigenvalue weighted by Crippen LogP contribution is 2.44. The van der Waals surface area contributed by atoms with Crippen LogP contribution < -0.4 is 5.32 Å². The van der Waals surface area contributed by atoms with Crippen LogP contribution in [0.15, 0.2) is 23.2 Å². The normalized spacial score (nSPS) is 27.3. The molecule has 1 atom stereocenters. The molecule has 0 aromatic heterocycles. The summed E-state index contributed by atoms with van der Waals surface area (Å²) in [6.07, 6.45) is 1.19. The van der Waals surface area contributed by atoms with Gasteiger partial charge in [-0.2, -0.15) is 0 Å². The lowest BCUT2D eigenvalue weighted by Crippen LogP contribution is -2.40. The number of nitrogens with one attached hydrogen (secondary N) is 1. The van der Waals surface area contributed by atoms with E-state index in [-0.39, 0.29) is 4.75 Å². The molecule has 2 aliphatic heterocycles. The molecule has 0 bridgehead atoms. The van der Waals surface area contributed by atoms with Crippen LogP contribution in [-0.2, 0) is 11.2 Å². The summed E-state index contributed by atoms with van der Waals surface area (Å²) in [5, 5.41) is 3.46. The van der Waals surface area contributed by atoms with E-state index in [1.54, 1.807) is 0 Å². The smallest absolute Gasteiger partial charge is 0.117 e. The summed E-state index contributed by atoms with van der Waals surface area (Å²) in [6, 6.07) is 6.67. The number of aryl methyl sites for hydroxylation is 1. The van der Waals surface area contributed by atoms with Gasteiger partial charge in [-0.1, -0.05) is 18.2 Å². The zero-order valence-electron chi connectivity index (χ0n) is 10.4. The summed E-state index contributed by atoms with van der Waals surface area (Å²) < 4.78 is 0.0378. The minimum atomic E-state index is 0.0378. The fourth-order valence-corrected chi connectivity index (χ4v) is 4.16. The molecule has 3 rings (SSSR count). The number of thioether (sulfide) groups is 1. The molecule has 0 radical (unpaired) electrons. The van der Waals surface area contributed by atoms with Gasteiger partial charge in [-0.3, -0.25) is 4.99 Å². The quantitative estimate of drug-likeness (QED) is 0.823. The largest absolute Gasteiger partial charge is 0.371 e. The maximum absolute atomic E-state index is 4.64. The third-order valence-electron chi connectivity index (χ3n) is 3.79. The number of rotatable bonds is 1. The molecule has 2 heterocycles. The fourth-order valence-electron chi connectivity index (χ4n) is 2.83. The standard InChI is InChI=1S/C14H18N2S/c1-10-4-3-5-12-11(10)6-9-17-14(12,2)13-15-7-8-16-13/h3-5H,6-9H2,1-2H3,(H,15,16). The van der Waals surface area contributed by atoms with E-state index in [2.05, 4.69) is 42.4 Å². The Morgan fingerprint density at radius 2 is 2.29 bits per heavy atom. The number of fused-ring (bicyclic) bond motifs is 1. The lowest BCUT2D eigenvalue weighted by Gasteiger charge is -2.36. The van der Waals surface area contributed by atoms with Crippen LogP contribution in [0.3, 0.4) is 0 Å². The van der Waals surface area contributed by atoms with E-state index < -0.39 is 0 Å². The Morgan fingerprint density at radius 1 is 1.41 bits per heavy atom. The first-order chi connectivity index (χ1) is 8.22. The molecule has 1 aromatic rings. The maximum atomic E-state index is 4.64. The second-order valence-electron chi connectivity index (χ2n) is 4.89. The minimum Gasteiger partial charge on any atom is -0.371 e. The van der Waals surface area contributed by atoms with Crippen LogP contribution in [0.4, 0.5) is 0 Å². The molecule has 1 aromatic carbocycles. The van der Waals surface area contributed by atoms with E-state index in [0.717, 1.165) is 13.1 Å². The van der Waals surface area contributed by atoms with E-state index in [0.29, 0.717) is 0 Å². The van der Waals surface area contributed by atoms with Gasteiger partial charge in [0.2, 0.25) is 0 Å². The van der Waals surface area contributed by atoms with Crippen LogP contribution in [-0.4, -0.2) is 24.7 Å². The van der Waals surface area contributed by atoms with Crippen LogP contribution in [0.5, 0.6) is 0 Å². The zero-order chi connectivity index (χ0) is 11.9. The Hall–Kier alpha value is -0.960. The first-order valence-corrected chi connectivity index (χ1v) is 7.22. The second-order valence-corrected chi connectivity index (χ2v) is 6.40. The van der Waals surface area contributed by atoms with Crippen molar-refractivity contribution >= 4 is 17.6 Å². The van der Waals surface area contributed by atoms with Crippen molar-refractivity contribution in [3.63, 3.8) is 0 Å². The molecule has 0 spiro atoms. The van der Waals surface area contributed by atoms with Gasteiger partial charge in [0.1, 0.15) is 5.84 Å². The second kappa shape index (κ2) is 4.05. The van der Waals surface area contributed by atoms with Crippen LogP contribution in [0.2, 0.25) is 0 Å².